The average molecular weight is 475 g/mol. The van der Waals surface area contributed by atoms with Gasteiger partial charge >= 0.3 is 0 Å². The van der Waals surface area contributed by atoms with Gasteiger partial charge in [-0.2, -0.15) is 0 Å². The second-order valence-electron chi connectivity index (χ2n) is 10.9. The molecule has 7 nitrogen and oxygen atoms in total. The van der Waals surface area contributed by atoms with Gasteiger partial charge in [0.2, 0.25) is 8.32 Å². The molecule has 2 heterocycles. The summed E-state index contributed by atoms with van der Waals surface area (Å²) in [6.07, 6.45) is 6.24. The lowest BCUT2D eigenvalue weighted by atomic mass is 9.95. The molecule has 1 N–H and O–H groups in total. The zero-order valence-electron chi connectivity index (χ0n) is 20.8. The lowest BCUT2D eigenvalue weighted by molar-refractivity contribution is 0.362. The number of aromatic amines is 1. The van der Waals surface area contributed by atoms with E-state index < -0.39 is 8.32 Å². The number of nitrogens with zero attached hydrogens (tertiary/aromatic N) is 5. The molecule has 0 bridgehead atoms. The molecule has 1 aliphatic carbocycles. The van der Waals surface area contributed by atoms with E-state index in [1.165, 1.54) is 37.6 Å². The summed E-state index contributed by atoms with van der Waals surface area (Å²) in [5.41, 5.74) is 4.19. The number of tetrazole rings is 1. The van der Waals surface area contributed by atoms with Gasteiger partial charge in [0.25, 0.3) is 0 Å². The Morgan fingerprint density at radius 2 is 1.68 bits per heavy atom. The van der Waals surface area contributed by atoms with Gasteiger partial charge in [-0.05, 0) is 83.9 Å². The summed E-state index contributed by atoms with van der Waals surface area (Å²) in [5.74, 6) is 2.62. The SMILES string of the molecule is CC(C)(C)[Si](C)(C)Oc1ccc(-c2nc3cc(-c4nnn[nH]4)ccc3n2C2CCCCC2)cc1. The van der Waals surface area contributed by atoms with Crippen molar-refractivity contribution in [2.24, 2.45) is 0 Å². The average Bonchev–Trinajstić information content (AvgIpc) is 3.47. The maximum atomic E-state index is 6.51. The van der Waals surface area contributed by atoms with Crippen molar-refractivity contribution in [3.05, 3.63) is 42.5 Å². The van der Waals surface area contributed by atoms with Gasteiger partial charge in [0, 0.05) is 17.2 Å². The summed E-state index contributed by atoms with van der Waals surface area (Å²) in [5, 5.41) is 14.5. The molecular formula is C26H34N6OSi. The van der Waals surface area contributed by atoms with E-state index in [1.54, 1.807) is 0 Å². The number of hydrogen-bond acceptors (Lipinski definition) is 5. The number of H-pyrrole nitrogens is 1. The van der Waals surface area contributed by atoms with Gasteiger partial charge in [-0.15, -0.1) is 5.10 Å². The number of hydrogen-bond donors (Lipinski definition) is 1. The van der Waals surface area contributed by atoms with Gasteiger partial charge in [0.15, 0.2) is 5.82 Å². The molecule has 0 spiro atoms. The van der Waals surface area contributed by atoms with Crippen molar-refractivity contribution >= 4 is 19.4 Å². The van der Waals surface area contributed by atoms with Gasteiger partial charge in [0.05, 0.1) is 11.0 Å². The van der Waals surface area contributed by atoms with Crippen molar-refractivity contribution in [3.8, 4) is 28.5 Å². The Labute approximate surface area is 202 Å². The fourth-order valence-corrected chi connectivity index (χ4v) is 5.59. The van der Waals surface area contributed by atoms with Crippen LogP contribution in [0.2, 0.25) is 18.1 Å². The van der Waals surface area contributed by atoms with Crippen LogP contribution in [0.1, 0.15) is 58.9 Å². The molecular weight excluding hydrogens is 440 g/mol. The topological polar surface area (TPSA) is 81.5 Å². The van der Waals surface area contributed by atoms with Crippen molar-refractivity contribution in [1.29, 1.82) is 0 Å². The first kappa shape index (κ1) is 22.8. The third-order valence-corrected chi connectivity index (χ3v) is 11.9. The third kappa shape index (κ3) is 4.27. The molecule has 178 valence electrons. The predicted molar refractivity (Wildman–Crippen MR) is 138 cm³/mol. The Kier molecular flexibility index (Phi) is 5.79. The van der Waals surface area contributed by atoms with Crippen LogP contribution >= 0.6 is 0 Å². The fraction of sp³-hybridized carbons (Fsp3) is 0.462. The van der Waals surface area contributed by atoms with E-state index in [0.717, 1.165) is 28.2 Å². The van der Waals surface area contributed by atoms with Gasteiger partial charge in [-0.3, -0.25) is 0 Å². The van der Waals surface area contributed by atoms with Crippen LogP contribution in [0, 0.1) is 0 Å². The van der Waals surface area contributed by atoms with E-state index in [0.29, 0.717) is 11.9 Å². The summed E-state index contributed by atoms with van der Waals surface area (Å²) in [6.45, 7) is 11.4. The molecule has 0 atom stereocenters. The second-order valence-corrected chi connectivity index (χ2v) is 15.7. The summed E-state index contributed by atoms with van der Waals surface area (Å²) < 4.78 is 8.97. The van der Waals surface area contributed by atoms with Crippen molar-refractivity contribution in [3.63, 3.8) is 0 Å². The van der Waals surface area contributed by atoms with E-state index in [9.17, 15) is 0 Å². The molecule has 0 saturated heterocycles. The Morgan fingerprint density at radius 3 is 2.32 bits per heavy atom. The van der Waals surface area contributed by atoms with E-state index in [2.05, 4.69) is 102 Å². The number of imidazole rings is 1. The molecule has 8 heteroatoms. The summed E-state index contributed by atoms with van der Waals surface area (Å²) in [6, 6.07) is 15.3. The van der Waals surface area contributed by atoms with E-state index in [4.69, 9.17) is 9.41 Å². The Balaban J connectivity index is 1.55. The molecule has 0 aliphatic heterocycles. The van der Waals surface area contributed by atoms with Crippen LogP contribution in [0.4, 0.5) is 0 Å². The van der Waals surface area contributed by atoms with E-state index in [-0.39, 0.29) is 5.04 Å². The molecule has 4 aromatic rings. The van der Waals surface area contributed by atoms with Gasteiger partial charge < -0.3 is 8.99 Å². The second kappa shape index (κ2) is 8.65. The maximum absolute atomic E-state index is 6.51. The number of rotatable bonds is 5. The van der Waals surface area contributed by atoms with Gasteiger partial charge in [-0.1, -0.05) is 40.0 Å². The minimum atomic E-state index is -1.88. The number of aromatic nitrogens is 6. The zero-order chi connectivity index (χ0) is 23.9. The Bertz CT molecular complexity index is 1270. The lowest BCUT2D eigenvalue weighted by Crippen LogP contribution is -2.43. The molecule has 1 aliphatic rings. The zero-order valence-corrected chi connectivity index (χ0v) is 21.8. The highest BCUT2D eigenvalue weighted by atomic mass is 28.4. The number of benzene rings is 2. The quantitative estimate of drug-likeness (QED) is 0.323. The largest absolute Gasteiger partial charge is 0.544 e. The molecule has 0 amide bonds. The van der Waals surface area contributed by atoms with Gasteiger partial charge in [-0.25, -0.2) is 10.1 Å². The molecule has 0 unspecified atom stereocenters. The first-order valence-electron chi connectivity index (χ1n) is 12.3. The monoisotopic (exact) mass is 474 g/mol. The highest BCUT2D eigenvalue weighted by molar-refractivity contribution is 6.74. The standard InChI is InChI=1S/C26H34N6OSi/c1-26(2,3)34(4,5)33-21-14-11-18(12-15-21)25-27-22-17-19(24-28-30-31-29-24)13-16-23(22)32(25)20-9-7-6-8-10-20/h11-17,20H,6-10H2,1-5H3,(H,28,29,30,31). The molecule has 1 saturated carbocycles. The fourth-order valence-electron chi connectivity index (χ4n) is 4.56. The van der Waals surface area contributed by atoms with Crippen molar-refractivity contribution in [2.75, 3.05) is 0 Å². The minimum absolute atomic E-state index is 0.164. The lowest BCUT2D eigenvalue weighted by Gasteiger charge is -2.36. The number of nitrogens with one attached hydrogen (secondary N) is 1. The first-order valence-corrected chi connectivity index (χ1v) is 15.2. The molecule has 1 fully saturated rings. The molecule has 0 radical (unpaired) electrons. The van der Waals surface area contributed by atoms with Crippen LogP contribution in [0.3, 0.4) is 0 Å². The summed E-state index contributed by atoms with van der Waals surface area (Å²) >= 11 is 0. The Morgan fingerprint density at radius 1 is 0.971 bits per heavy atom. The van der Waals surface area contributed by atoms with Crippen LogP contribution in [0.5, 0.6) is 5.75 Å². The van der Waals surface area contributed by atoms with Crippen LogP contribution in [-0.2, 0) is 0 Å². The maximum Gasteiger partial charge on any atom is 0.250 e. The van der Waals surface area contributed by atoms with Crippen LogP contribution in [0.15, 0.2) is 42.5 Å². The van der Waals surface area contributed by atoms with Crippen molar-refractivity contribution in [1.82, 2.24) is 30.2 Å². The van der Waals surface area contributed by atoms with Crippen molar-refractivity contribution in [2.45, 2.75) is 77.0 Å². The van der Waals surface area contributed by atoms with Crippen LogP contribution < -0.4 is 4.43 Å². The minimum Gasteiger partial charge on any atom is -0.544 e. The first-order chi connectivity index (χ1) is 16.2. The number of fused-ring (bicyclic) bond motifs is 1. The third-order valence-electron chi connectivity index (χ3n) is 7.54. The van der Waals surface area contributed by atoms with Crippen molar-refractivity contribution < 1.29 is 4.43 Å². The molecule has 34 heavy (non-hydrogen) atoms. The summed E-state index contributed by atoms with van der Waals surface area (Å²) in [7, 11) is -1.88. The van der Waals surface area contributed by atoms with Crippen LogP contribution in [0.25, 0.3) is 33.8 Å². The van der Waals surface area contributed by atoms with Gasteiger partial charge in [0.1, 0.15) is 11.6 Å². The van der Waals surface area contributed by atoms with E-state index >= 15 is 0 Å². The van der Waals surface area contributed by atoms with Crippen LogP contribution in [-0.4, -0.2) is 38.5 Å². The molecule has 2 aromatic heterocycles. The highest BCUT2D eigenvalue weighted by Crippen LogP contribution is 2.39. The molecule has 5 rings (SSSR count). The smallest absolute Gasteiger partial charge is 0.250 e. The molecule has 2 aromatic carbocycles. The normalized spacial score (nSPS) is 15.7. The summed E-state index contributed by atoms with van der Waals surface area (Å²) in [4.78, 5) is 5.12. The Hall–Kier alpha value is -3.00. The predicted octanol–water partition coefficient (Wildman–Crippen LogP) is 6.77. The highest BCUT2D eigenvalue weighted by Gasteiger charge is 2.39. The van der Waals surface area contributed by atoms with E-state index in [1.807, 2.05) is 0 Å².